The van der Waals surface area contributed by atoms with Crippen LogP contribution < -0.4 is 10.6 Å². The fourth-order valence-corrected chi connectivity index (χ4v) is 3.72. The van der Waals surface area contributed by atoms with Crippen molar-refractivity contribution in [2.75, 3.05) is 39.3 Å². The van der Waals surface area contributed by atoms with Crippen LogP contribution in [0, 0.1) is 0 Å². The maximum Gasteiger partial charge on any atom is 0.234 e. The number of thiazole rings is 1. The van der Waals surface area contributed by atoms with Crippen molar-refractivity contribution < 1.29 is 4.79 Å². The summed E-state index contributed by atoms with van der Waals surface area (Å²) in [6.07, 6.45) is 3.26. The average Bonchev–Trinajstić information content (AvgIpc) is 3.33. The molecule has 2 heterocycles. The summed E-state index contributed by atoms with van der Waals surface area (Å²) in [4.78, 5) is 25.8. The number of carbonyl (C=O) groups is 1. The van der Waals surface area contributed by atoms with Gasteiger partial charge in [-0.25, -0.2) is 9.98 Å². The van der Waals surface area contributed by atoms with Crippen molar-refractivity contribution in [2.45, 2.75) is 45.7 Å². The zero-order valence-electron chi connectivity index (χ0n) is 15.8. The molecule has 0 atom stereocenters. The molecule has 0 bridgehead atoms. The summed E-state index contributed by atoms with van der Waals surface area (Å²) < 4.78 is 0. The summed E-state index contributed by atoms with van der Waals surface area (Å²) in [6, 6.07) is 0.440. The SMILES string of the molecule is CCNC(=NCc1csc(CC)n1)N1CCN(CC(=O)NC2CC2)CC1. The third-order valence-electron chi connectivity index (χ3n) is 4.61. The number of carbonyl (C=O) groups excluding carboxylic acids is 1. The molecule has 1 aliphatic carbocycles. The van der Waals surface area contributed by atoms with Gasteiger partial charge >= 0.3 is 0 Å². The van der Waals surface area contributed by atoms with Crippen LogP contribution >= 0.6 is 11.3 Å². The van der Waals surface area contributed by atoms with Crippen LogP contribution in [0.2, 0.25) is 0 Å². The molecule has 0 aromatic carbocycles. The molecule has 0 spiro atoms. The smallest absolute Gasteiger partial charge is 0.234 e. The third kappa shape index (κ3) is 5.67. The van der Waals surface area contributed by atoms with Crippen molar-refractivity contribution in [1.82, 2.24) is 25.4 Å². The molecule has 1 aromatic rings. The number of piperazine rings is 1. The van der Waals surface area contributed by atoms with E-state index in [4.69, 9.17) is 4.99 Å². The van der Waals surface area contributed by atoms with E-state index in [1.54, 1.807) is 11.3 Å². The highest BCUT2D eigenvalue weighted by atomic mass is 32.1. The van der Waals surface area contributed by atoms with E-state index in [2.05, 4.69) is 44.6 Å². The number of hydrogen-bond donors (Lipinski definition) is 2. The summed E-state index contributed by atoms with van der Waals surface area (Å²) in [5.41, 5.74) is 1.04. The molecule has 144 valence electrons. The van der Waals surface area contributed by atoms with Gasteiger partial charge < -0.3 is 15.5 Å². The molecule has 2 N–H and O–H groups in total. The minimum atomic E-state index is 0.164. The van der Waals surface area contributed by atoms with Gasteiger partial charge in [0.1, 0.15) is 0 Å². The lowest BCUT2D eigenvalue weighted by atomic mass is 10.3. The summed E-state index contributed by atoms with van der Waals surface area (Å²) in [5, 5.41) is 9.72. The Kier molecular flexibility index (Phi) is 6.85. The molecule has 1 saturated carbocycles. The lowest BCUT2D eigenvalue weighted by molar-refractivity contribution is -0.122. The quantitative estimate of drug-likeness (QED) is 0.548. The van der Waals surface area contributed by atoms with Gasteiger partial charge in [-0.3, -0.25) is 9.69 Å². The molecule has 1 amide bonds. The molecular formula is C18H30N6OS. The first-order valence-electron chi connectivity index (χ1n) is 9.66. The summed E-state index contributed by atoms with van der Waals surface area (Å²) >= 11 is 1.71. The second kappa shape index (κ2) is 9.32. The van der Waals surface area contributed by atoms with Crippen molar-refractivity contribution in [2.24, 2.45) is 4.99 Å². The number of nitrogens with one attached hydrogen (secondary N) is 2. The van der Waals surface area contributed by atoms with Crippen molar-refractivity contribution in [3.63, 3.8) is 0 Å². The van der Waals surface area contributed by atoms with Crippen LogP contribution in [0.1, 0.15) is 37.4 Å². The summed E-state index contributed by atoms with van der Waals surface area (Å²) in [6.45, 7) is 9.74. The minimum Gasteiger partial charge on any atom is -0.357 e. The topological polar surface area (TPSA) is 72.9 Å². The first kappa shape index (κ1) is 19.1. The Balaban J connectivity index is 1.48. The van der Waals surface area contributed by atoms with E-state index >= 15 is 0 Å². The van der Waals surface area contributed by atoms with Gasteiger partial charge in [-0.15, -0.1) is 11.3 Å². The number of aryl methyl sites for hydroxylation is 1. The van der Waals surface area contributed by atoms with Crippen molar-refractivity contribution in [1.29, 1.82) is 0 Å². The number of aliphatic imine (C=N–C) groups is 1. The van der Waals surface area contributed by atoms with Crippen LogP contribution in [0.5, 0.6) is 0 Å². The molecule has 1 aromatic heterocycles. The van der Waals surface area contributed by atoms with Crippen LogP contribution in [0.3, 0.4) is 0 Å². The summed E-state index contributed by atoms with van der Waals surface area (Å²) in [7, 11) is 0. The Morgan fingerprint density at radius 3 is 2.69 bits per heavy atom. The molecule has 0 radical (unpaired) electrons. The lowest BCUT2D eigenvalue weighted by Crippen LogP contribution is -2.54. The van der Waals surface area contributed by atoms with Crippen LogP contribution in [0.25, 0.3) is 0 Å². The molecule has 8 heteroatoms. The van der Waals surface area contributed by atoms with Crippen LogP contribution in [-0.4, -0.2) is 72.0 Å². The van der Waals surface area contributed by atoms with E-state index in [9.17, 15) is 4.79 Å². The van der Waals surface area contributed by atoms with E-state index in [0.717, 1.165) is 63.6 Å². The molecule has 0 unspecified atom stereocenters. The van der Waals surface area contributed by atoms with Crippen molar-refractivity contribution in [3.05, 3.63) is 16.1 Å². The molecule has 1 saturated heterocycles. The van der Waals surface area contributed by atoms with Gasteiger partial charge in [0, 0.05) is 44.1 Å². The molecular weight excluding hydrogens is 348 g/mol. The fraction of sp³-hybridized carbons (Fsp3) is 0.722. The van der Waals surface area contributed by atoms with Gasteiger partial charge in [-0.2, -0.15) is 0 Å². The van der Waals surface area contributed by atoms with Crippen LogP contribution in [-0.2, 0) is 17.8 Å². The molecule has 2 fully saturated rings. The van der Waals surface area contributed by atoms with Gasteiger partial charge in [0.25, 0.3) is 0 Å². The van der Waals surface area contributed by atoms with E-state index in [1.807, 2.05) is 0 Å². The van der Waals surface area contributed by atoms with E-state index in [1.165, 1.54) is 5.01 Å². The highest BCUT2D eigenvalue weighted by Crippen LogP contribution is 2.18. The standard InChI is InChI=1S/C18H30N6OS/c1-3-17-22-15(13-26-17)11-20-18(19-4-2)24-9-7-23(8-10-24)12-16(25)21-14-5-6-14/h13-14H,3-12H2,1-2H3,(H,19,20)(H,21,25). The molecule has 3 rings (SSSR count). The van der Waals surface area contributed by atoms with Gasteiger partial charge in [0.15, 0.2) is 5.96 Å². The molecule has 26 heavy (non-hydrogen) atoms. The third-order valence-corrected chi connectivity index (χ3v) is 5.65. The van der Waals surface area contributed by atoms with Crippen LogP contribution in [0.4, 0.5) is 0 Å². The maximum absolute atomic E-state index is 12.0. The Labute approximate surface area is 159 Å². The highest BCUT2D eigenvalue weighted by molar-refractivity contribution is 7.09. The second-order valence-electron chi connectivity index (χ2n) is 6.86. The van der Waals surface area contributed by atoms with Gasteiger partial charge in [0.05, 0.1) is 23.8 Å². The first-order chi connectivity index (χ1) is 12.7. The largest absolute Gasteiger partial charge is 0.357 e. The fourth-order valence-electron chi connectivity index (χ4n) is 2.99. The van der Waals surface area contributed by atoms with Gasteiger partial charge in [0.2, 0.25) is 5.91 Å². The Bertz CT molecular complexity index is 619. The lowest BCUT2D eigenvalue weighted by Gasteiger charge is -2.36. The minimum absolute atomic E-state index is 0.164. The summed E-state index contributed by atoms with van der Waals surface area (Å²) in [5.74, 6) is 1.11. The number of aromatic nitrogens is 1. The van der Waals surface area contributed by atoms with Crippen molar-refractivity contribution >= 4 is 23.2 Å². The van der Waals surface area contributed by atoms with Gasteiger partial charge in [-0.05, 0) is 26.2 Å². The van der Waals surface area contributed by atoms with Crippen molar-refractivity contribution in [3.8, 4) is 0 Å². The average molecular weight is 379 g/mol. The molecule has 7 nitrogen and oxygen atoms in total. The molecule has 1 aliphatic heterocycles. The number of guanidine groups is 1. The maximum atomic E-state index is 12.0. The Hall–Kier alpha value is -1.67. The number of hydrogen-bond acceptors (Lipinski definition) is 5. The predicted octanol–water partition coefficient (Wildman–Crippen LogP) is 1.07. The first-order valence-corrected chi connectivity index (χ1v) is 10.5. The number of rotatable bonds is 7. The highest BCUT2D eigenvalue weighted by Gasteiger charge is 2.25. The van der Waals surface area contributed by atoms with E-state index in [-0.39, 0.29) is 5.91 Å². The van der Waals surface area contributed by atoms with Crippen LogP contribution in [0.15, 0.2) is 10.4 Å². The number of amides is 1. The normalized spacial score (nSPS) is 18.8. The predicted molar refractivity (Wildman–Crippen MR) is 105 cm³/mol. The zero-order valence-corrected chi connectivity index (χ0v) is 16.6. The van der Waals surface area contributed by atoms with E-state index < -0.39 is 0 Å². The second-order valence-corrected chi connectivity index (χ2v) is 7.80. The van der Waals surface area contributed by atoms with Gasteiger partial charge in [-0.1, -0.05) is 6.92 Å². The Morgan fingerprint density at radius 1 is 1.31 bits per heavy atom. The van der Waals surface area contributed by atoms with E-state index in [0.29, 0.717) is 19.1 Å². The monoisotopic (exact) mass is 378 g/mol. The number of nitrogens with zero attached hydrogens (tertiary/aromatic N) is 4. The molecule has 2 aliphatic rings. The zero-order chi connectivity index (χ0) is 18.4. The Morgan fingerprint density at radius 2 is 2.08 bits per heavy atom.